The van der Waals surface area contributed by atoms with E-state index in [0.29, 0.717) is 6.54 Å². The van der Waals surface area contributed by atoms with Gasteiger partial charge in [-0.25, -0.2) is 0 Å². The third-order valence-electron chi connectivity index (χ3n) is 5.75. The summed E-state index contributed by atoms with van der Waals surface area (Å²) in [6, 6.07) is 8.94. The number of benzene rings is 1. The number of carbonyl (C=O) groups excluding carboxylic acids is 1. The summed E-state index contributed by atoms with van der Waals surface area (Å²) in [7, 11) is 1.89. The molecule has 0 unspecified atom stereocenters. The van der Waals surface area contributed by atoms with Crippen LogP contribution in [0.15, 0.2) is 30.5 Å². The first kappa shape index (κ1) is 16.3. The molecule has 0 saturated heterocycles. The maximum Gasteiger partial charge on any atom is 0.251 e. The number of aromatic nitrogens is 2. The van der Waals surface area contributed by atoms with Crippen molar-refractivity contribution in [2.24, 2.45) is 7.05 Å². The highest BCUT2D eigenvalue weighted by molar-refractivity contribution is 5.94. The second kappa shape index (κ2) is 7.00. The lowest BCUT2D eigenvalue weighted by molar-refractivity contribution is 0.0950. The second-order valence-electron chi connectivity index (χ2n) is 7.23. The van der Waals surface area contributed by atoms with Gasteiger partial charge in [0.05, 0.1) is 12.2 Å². The minimum atomic E-state index is -0.0101. The molecular formula is C20H26N4O. The Morgan fingerprint density at radius 3 is 2.68 bits per heavy atom. The van der Waals surface area contributed by atoms with Crippen molar-refractivity contribution >= 4 is 5.91 Å². The highest BCUT2D eigenvalue weighted by atomic mass is 16.1. The van der Waals surface area contributed by atoms with Crippen LogP contribution in [-0.2, 0) is 26.4 Å². The SMILES string of the molecule is Cn1nccc1CNC(=O)c1ccc2c(c1)CCN(C1CCC1)CC2. The molecule has 1 N–H and O–H groups in total. The molecule has 5 heteroatoms. The van der Waals surface area contributed by atoms with Gasteiger partial charge in [0.15, 0.2) is 0 Å². The van der Waals surface area contributed by atoms with Crippen molar-refractivity contribution in [3.05, 3.63) is 52.8 Å². The van der Waals surface area contributed by atoms with E-state index < -0.39 is 0 Å². The lowest BCUT2D eigenvalue weighted by atomic mass is 9.91. The van der Waals surface area contributed by atoms with E-state index >= 15 is 0 Å². The van der Waals surface area contributed by atoms with Crippen LogP contribution in [0.3, 0.4) is 0 Å². The summed E-state index contributed by atoms with van der Waals surface area (Å²) in [6.07, 6.45) is 8.00. The topological polar surface area (TPSA) is 50.2 Å². The summed E-state index contributed by atoms with van der Waals surface area (Å²) >= 11 is 0. The summed E-state index contributed by atoms with van der Waals surface area (Å²) < 4.78 is 1.78. The molecule has 1 aliphatic carbocycles. The first-order valence-corrected chi connectivity index (χ1v) is 9.31. The number of hydrogen-bond donors (Lipinski definition) is 1. The Labute approximate surface area is 149 Å². The zero-order valence-corrected chi connectivity index (χ0v) is 14.9. The van der Waals surface area contributed by atoms with Crippen LogP contribution < -0.4 is 5.32 Å². The fourth-order valence-electron chi connectivity index (χ4n) is 3.85. The molecule has 132 valence electrons. The van der Waals surface area contributed by atoms with Gasteiger partial charge in [0.25, 0.3) is 5.91 Å². The number of carbonyl (C=O) groups is 1. The Kier molecular flexibility index (Phi) is 4.57. The van der Waals surface area contributed by atoms with Crippen LogP contribution in [0.25, 0.3) is 0 Å². The smallest absolute Gasteiger partial charge is 0.251 e. The molecule has 1 fully saturated rings. The Bertz CT molecular complexity index is 763. The third-order valence-corrected chi connectivity index (χ3v) is 5.75. The van der Waals surface area contributed by atoms with E-state index in [1.807, 2.05) is 19.2 Å². The third kappa shape index (κ3) is 3.47. The standard InChI is InChI=1S/C20H26N4O/c1-23-19(7-10-22-23)14-21-20(25)17-6-5-15-8-11-24(18-3-2-4-18)12-9-16(15)13-17/h5-7,10,13,18H,2-4,8-9,11-12,14H2,1H3,(H,21,25). The molecule has 25 heavy (non-hydrogen) atoms. The number of aryl methyl sites for hydroxylation is 1. The molecule has 4 rings (SSSR count). The van der Waals surface area contributed by atoms with Gasteiger partial charge in [0.1, 0.15) is 0 Å². The van der Waals surface area contributed by atoms with Crippen molar-refractivity contribution in [2.45, 2.75) is 44.7 Å². The van der Waals surface area contributed by atoms with Crippen molar-refractivity contribution in [1.82, 2.24) is 20.0 Å². The molecule has 1 aromatic carbocycles. The number of nitrogens with one attached hydrogen (secondary N) is 1. The number of nitrogens with zero attached hydrogens (tertiary/aromatic N) is 3. The molecule has 2 aliphatic rings. The van der Waals surface area contributed by atoms with E-state index in [9.17, 15) is 4.79 Å². The Morgan fingerprint density at radius 1 is 1.20 bits per heavy atom. The summed E-state index contributed by atoms with van der Waals surface area (Å²) in [5.41, 5.74) is 4.51. The first-order valence-electron chi connectivity index (χ1n) is 9.31. The predicted molar refractivity (Wildman–Crippen MR) is 97.4 cm³/mol. The van der Waals surface area contributed by atoms with Gasteiger partial charge >= 0.3 is 0 Å². The number of hydrogen-bond acceptors (Lipinski definition) is 3. The van der Waals surface area contributed by atoms with Gasteiger partial charge in [-0.05, 0) is 55.0 Å². The minimum Gasteiger partial charge on any atom is -0.346 e. The molecule has 1 saturated carbocycles. The highest BCUT2D eigenvalue weighted by Gasteiger charge is 2.26. The first-order chi connectivity index (χ1) is 12.2. The van der Waals surface area contributed by atoms with E-state index in [1.54, 1.807) is 10.9 Å². The fraction of sp³-hybridized carbons (Fsp3) is 0.500. The molecule has 2 aromatic rings. The predicted octanol–water partition coefficient (Wildman–Crippen LogP) is 2.30. The van der Waals surface area contributed by atoms with Crippen molar-refractivity contribution in [3.63, 3.8) is 0 Å². The van der Waals surface area contributed by atoms with E-state index in [1.165, 1.54) is 30.4 Å². The van der Waals surface area contributed by atoms with E-state index in [4.69, 9.17) is 0 Å². The molecule has 1 amide bonds. The van der Waals surface area contributed by atoms with Gasteiger partial charge < -0.3 is 5.32 Å². The molecular weight excluding hydrogens is 312 g/mol. The van der Waals surface area contributed by atoms with Gasteiger partial charge in [-0.2, -0.15) is 5.10 Å². The summed E-state index contributed by atoms with van der Waals surface area (Å²) in [6.45, 7) is 2.78. The van der Waals surface area contributed by atoms with Crippen molar-refractivity contribution in [1.29, 1.82) is 0 Å². The average molecular weight is 338 g/mol. The molecule has 0 atom stereocenters. The largest absolute Gasteiger partial charge is 0.346 e. The van der Waals surface area contributed by atoms with E-state index in [2.05, 4.69) is 27.4 Å². The van der Waals surface area contributed by atoms with Crippen molar-refractivity contribution < 1.29 is 4.79 Å². The number of fused-ring (bicyclic) bond motifs is 1. The van der Waals surface area contributed by atoms with Crippen LogP contribution in [0.2, 0.25) is 0 Å². The van der Waals surface area contributed by atoms with Gasteiger partial charge in [-0.1, -0.05) is 12.5 Å². The normalized spacial score (nSPS) is 18.3. The lowest BCUT2D eigenvalue weighted by Gasteiger charge is -2.36. The van der Waals surface area contributed by atoms with Crippen molar-refractivity contribution in [3.8, 4) is 0 Å². The Hall–Kier alpha value is -2.14. The molecule has 0 bridgehead atoms. The van der Waals surface area contributed by atoms with E-state index in [-0.39, 0.29) is 5.91 Å². The second-order valence-corrected chi connectivity index (χ2v) is 7.23. The summed E-state index contributed by atoms with van der Waals surface area (Å²) in [5, 5.41) is 7.13. The fourth-order valence-corrected chi connectivity index (χ4v) is 3.85. The van der Waals surface area contributed by atoms with Gasteiger partial charge in [-0.3, -0.25) is 14.4 Å². The molecule has 2 heterocycles. The summed E-state index contributed by atoms with van der Waals surface area (Å²) in [5.74, 6) is -0.0101. The molecule has 5 nitrogen and oxygen atoms in total. The Morgan fingerprint density at radius 2 is 2.00 bits per heavy atom. The maximum absolute atomic E-state index is 12.5. The van der Waals surface area contributed by atoms with Gasteiger partial charge in [-0.15, -0.1) is 0 Å². The summed E-state index contributed by atoms with van der Waals surface area (Å²) in [4.78, 5) is 15.1. The lowest BCUT2D eigenvalue weighted by Crippen LogP contribution is -2.41. The number of amides is 1. The van der Waals surface area contributed by atoms with Crippen molar-refractivity contribution in [2.75, 3.05) is 13.1 Å². The van der Waals surface area contributed by atoms with Gasteiger partial charge in [0.2, 0.25) is 0 Å². The van der Waals surface area contributed by atoms with Crippen LogP contribution in [0.1, 0.15) is 46.4 Å². The van der Waals surface area contributed by atoms with Crippen LogP contribution in [-0.4, -0.2) is 39.7 Å². The van der Waals surface area contributed by atoms with Crippen LogP contribution >= 0.6 is 0 Å². The number of rotatable bonds is 4. The molecule has 0 radical (unpaired) electrons. The zero-order valence-electron chi connectivity index (χ0n) is 14.9. The highest BCUT2D eigenvalue weighted by Crippen LogP contribution is 2.27. The zero-order chi connectivity index (χ0) is 17.2. The van der Waals surface area contributed by atoms with Crippen LogP contribution in [0, 0.1) is 0 Å². The monoisotopic (exact) mass is 338 g/mol. The minimum absolute atomic E-state index is 0.0101. The molecule has 1 aliphatic heterocycles. The van der Waals surface area contributed by atoms with E-state index in [0.717, 1.165) is 43.2 Å². The maximum atomic E-state index is 12.5. The van der Waals surface area contributed by atoms with Crippen LogP contribution in [0.4, 0.5) is 0 Å². The van der Waals surface area contributed by atoms with Crippen LogP contribution in [0.5, 0.6) is 0 Å². The average Bonchev–Trinajstić information content (AvgIpc) is 2.87. The molecule has 1 aromatic heterocycles. The van der Waals surface area contributed by atoms with Gasteiger partial charge in [0, 0.05) is 37.9 Å². The molecule has 0 spiro atoms. The Balaban J connectivity index is 1.41. The quantitative estimate of drug-likeness (QED) is 0.931.